The molecule has 2 saturated heterocycles. The number of methoxy groups -OCH3 is 1. The van der Waals surface area contributed by atoms with Crippen molar-refractivity contribution >= 4 is 0 Å². The summed E-state index contributed by atoms with van der Waals surface area (Å²) in [5.41, 5.74) is 3.02. The molecule has 0 aromatic carbocycles. The van der Waals surface area contributed by atoms with Gasteiger partial charge in [-0.25, -0.2) is 0 Å². The molecule has 3 aliphatic heterocycles. The number of nitrogens with zero attached hydrogens (tertiary/aromatic N) is 2. The van der Waals surface area contributed by atoms with Crippen LogP contribution in [0.25, 0.3) is 0 Å². The highest BCUT2D eigenvalue weighted by Crippen LogP contribution is 2.40. The standard InChI is InChI=1S/C13H20N2O/c1-3-14-9-11-6-4-5-10-7-8-12(15(10)11)13(14)16-2/h5-6,12-13H,3-4,7-9H2,1-2H3/t12-,13+/m1/s1. The molecule has 0 bridgehead atoms. The lowest BCUT2D eigenvalue weighted by atomic mass is 10.1. The van der Waals surface area contributed by atoms with Gasteiger partial charge in [-0.15, -0.1) is 0 Å². The lowest BCUT2D eigenvalue weighted by Gasteiger charge is -2.47. The Morgan fingerprint density at radius 2 is 2.19 bits per heavy atom. The maximum absolute atomic E-state index is 5.70. The number of allylic oxidation sites excluding steroid dienone is 3. The number of hydrogen-bond acceptors (Lipinski definition) is 3. The van der Waals surface area contributed by atoms with Crippen molar-refractivity contribution in [2.45, 2.75) is 38.5 Å². The Morgan fingerprint density at radius 1 is 1.38 bits per heavy atom. The molecule has 0 radical (unpaired) electrons. The smallest absolute Gasteiger partial charge is 0.131 e. The zero-order valence-corrected chi connectivity index (χ0v) is 10.1. The molecule has 2 atom stereocenters. The maximum atomic E-state index is 5.70. The zero-order chi connectivity index (χ0) is 11.1. The fourth-order valence-electron chi connectivity index (χ4n) is 3.34. The fourth-order valence-corrected chi connectivity index (χ4v) is 3.34. The summed E-state index contributed by atoms with van der Waals surface area (Å²) in [5.74, 6) is 0. The summed E-state index contributed by atoms with van der Waals surface area (Å²) in [5, 5.41) is 0. The molecule has 0 spiro atoms. The minimum absolute atomic E-state index is 0.270. The molecule has 0 amide bonds. The van der Waals surface area contributed by atoms with Gasteiger partial charge < -0.3 is 9.64 Å². The van der Waals surface area contributed by atoms with Crippen LogP contribution in [0.4, 0.5) is 0 Å². The molecule has 3 heterocycles. The third-order valence-electron chi connectivity index (χ3n) is 4.06. The van der Waals surface area contributed by atoms with Crippen LogP contribution in [0, 0.1) is 0 Å². The van der Waals surface area contributed by atoms with Crippen LogP contribution in [0.15, 0.2) is 23.5 Å². The Labute approximate surface area is 97.4 Å². The summed E-state index contributed by atoms with van der Waals surface area (Å²) in [7, 11) is 1.84. The average Bonchev–Trinajstić information content (AvgIpc) is 2.75. The van der Waals surface area contributed by atoms with Crippen LogP contribution >= 0.6 is 0 Å². The van der Waals surface area contributed by atoms with Gasteiger partial charge in [0, 0.05) is 25.0 Å². The monoisotopic (exact) mass is 220 g/mol. The summed E-state index contributed by atoms with van der Waals surface area (Å²) < 4.78 is 5.70. The maximum Gasteiger partial charge on any atom is 0.131 e. The first-order valence-corrected chi connectivity index (χ1v) is 6.29. The average molecular weight is 220 g/mol. The molecular weight excluding hydrogens is 200 g/mol. The van der Waals surface area contributed by atoms with E-state index >= 15 is 0 Å². The minimum atomic E-state index is 0.270. The molecule has 0 aromatic heterocycles. The summed E-state index contributed by atoms with van der Waals surface area (Å²) >= 11 is 0. The van der Waals surface area contributed by atoms with E-state index in [1.165, 1.54) is 24.2 Å². The molecule has 0 aromatic rings. The molecule has 0 N–H and O–H groups in total. The van der Waals surface area contributed by atoms with Gasteiger partial charge in [0.25, 0.3) is 0 Å². The Kier molecular flexibility index (Phi) is 2.52. The van der Waals surface area contributed by atoms with Crippen molar-refractivity contribution in [2.75, 3.05) is 20.2 Å². The van der Waals surface area contributed by atoms with Crippen LogP contribution < -0.4 is 0 Å². The van der Waals surface area contributed by atoms with E-state index < -0.39 is 0 Å². The molecule has 16 heavy (non-hydrogen) atoms. The van der Waals surface area contributed by atoms with Gasteiger partial charge >= 0.3 is 0 Å². The highest BCUT2D eigenvalue weighted by molar-refractivity contribution is 5.28. The summed E-state index contributed by atoms with van der Waals surface area (Å²) in [4.78, 5) is 4.98. The Hall–Kier alpha value is -0.800. The van der Waals surface area contributed by atoms with E-state index in [9.17, 15) is 0 Å². The molecule has 3 nitrogen and oxygen atoms in total. The van der Waals surface area contributed by atoms with Crippen molar-refractivity contribution in [2.24, 2.45) is 0 Å². The van der Waals surface area contributed by atoms with Crippen molar-refractivity contribution in [3.8, 4) is 0 Å². The number of hydrogen-bond donors (Lipinski definition) is 0. The van der Waals surface area contributed by atoms with Crippen molar-refractivity contribution in [3.63, 3.8) is 0 Å². The van der Waals surface area contributed by atoms with Crippen molar-refractivity contribution in [1.82, 2.24) is 9.80 Å². The third-order valence-corrected chi connectivity index (χ3v) is 4.06. The summed E-state index contributed by atoms with van der Waals surface area (Å²) in [6.45, 7) is 4.33. The SMILES string of the molecule is CCN1CC2=CCC=C3CC[C@H]([C@@H]1OC)N32. The lowest BCUT2D eigenvalue weighted by molar-refractivity contribution is -0.0862. The Bertz CT molecular complexity index is 348. The van der Waals surface area contributed by atoms with E-state index in [2.05, 4.69) is 28.9 Å². The highest BCUT2D eigenvalue weighted by Gasteiger charge is 2.43. The zero-order valence-electron chi connectivity index (χ0n) is 10.1. The van der Waals surface area contributed by atoms with Crippen LogP contribution in [0.5, 0.6) is 0 Å². The molecule has 0 saturated carbocycles. The minimum Gasteiger partial charge on any atom is -0.364 e. The summed E-state index contributed by atoms with van der Waals surface area (Å²) in [6, 6.07) is 0.538. The van der Waals surface area contributed by atoms with Crippen LogP contribution in [0.3, 0.4) is 0 Å². The highest BCUT2D eigenvalue weighted by atomic mass is 16.5. The lowest BCUT2D eigenvalue weighted by Crippen LogP contribution is -2.56. The Morgan fingerprint density at radius 3 is 2.94 bits per heavy atom. The number of rotatable bonds is 2. The van der Waals surface area contributed by atoms with Crippen molar-refractivity contribution < 1.29 is 4.74 Å². The quantitative estimate of drug-likeness (QED) is 0.707. The predicted octanol–water partition coefficient (Wildman–Crippen LogP) is 1.93. The third kappa shape index (κ3) is 1.35. The van der Waals surface area contributed by atoms with Gasteiger partial charge in [-0.1, -0.05) is 19.1 Å². The molecule has 2 fully saturated rings. The largest absolute Gasteiger partial charge is 0.364 e. The molecule has 0 unspecified atom stereocenters. The second-order valence-corrected chi connectivity index (χ2v) is 4.79. The van der Waals surface area contributed by atoms with E-state index in [1.54, 1.807) is 0 Å². The number of likely N-dealkylation sites (N-methyl/N-ethyl adjacent to an activating group) is 1. The van der Waals surface area contributed by atoms with Crippen LogP contribution in [-0.4, -0.2) is 42.3 Å². The first-order valence-electron chi connectivity index (χ1n) is 6.29. The fraction of sp³-hybridized carbons (Fsp3) is 0.692. The molecule has 88 valence electrons. The van der Waals surface area contributed by atoms with Crippen LogP contribution in [0.2, 0.25) is 0 Å². The first-order chi connectivity index (χ1) is 7.85. The van der Waals surface area contributed by atoms with E-state index in [4.69, 9.17) is 4.74 Å². The van der Waals surface area contributed by atoms with Crippen molar-refractivity contribution in [1.29, 1.82) is 0 Å². The molecule has 0 aliphatic carbocycles. The normalized spacial score (nSPS) is 33.5. The van der Waals surface area contributed by atoms with E-state index in [0.717, 1.165) is 19.5 Å². The predicted molar refractivity (Wildman–Crippen MR) is 63.7 cm³/mol. The van der Waals surface area contributed by atoms with Gasteiger partial charge in [-0.2, -0.15) is 0 Å². The van der Waals surface area contributed by atoms with Crippen LogP contribution in [-0.2, 0) is 4.74 Å². The van der Waals surface area contributed by atoms with E-state index in [0.29, 0.717) is 6.04 Å². The van der Waals surface area contributed by atoms with Crippen LogP contribution in [0.1, 0.15) is 26.2 Å². The van der Waals surface area contributed by atoms with E-state index in [-0.39, 0.29) is 6.23 Å². The van der Waals surface area contributed by atoms with Gasteiger partial charge in [0.05, 0.1) is 6.04 Å². The number of piperazine rings is 1. The topological polar surface area (TPSA) is 15.7 Å². The summed E-state index contributed by atoms with van der Waals surface area (Å²) in [6.07, 6.45) is 8.58. The molecular formula is C13H20N2O. The van der Waals surface area contributed by atoms with Crippen molar-refractivity contribution in [3.05, 3.63) is 23.5 Å². The first kappa shape index (κ1) is 10.4. The van der Waals surface area contributed by atoms with E-state index in [1.807, 2.05) is 7.11 Å². The molecule has 3 heteroatoms. The van der Waals surface area contributed by atoms with Gasteiger partial charge in [0.1, 0.15) is 6.23 Å². The second kappa shape index (κ2) is 3.90. The molecule has 3 aliphatic rings. The Balaban J connectivity index is 1.94. The molecule has 3 rings (SSSR count). The number of ether oxygens (including phenoxy) is 1. The second-order valence-electron chi connectivity index (χ2n) is 4.79. The van der Waals surface area contributed by atoms with Gasteiger partial charge in [-0.05, 0) is 25.8 Å². The van der Waals surface area contributed by atoms with Gasteiger partial charge in [0.2, 0.25) is 0 Å². The van der Waals surface area contributed by atoms with Gasteiger partial charge in [0.15, 0.2) is 0 Å². The van der Waals surface area contributed by atoms with Gasteiger partial charge in [-0.3, -0.25) is 4.90 Å².